The molecule has 2 heterocycles. The van der Waals surface area contributed by atoms with Crippen LogP contribution in [0.4, 0.5) is 11.4 Å². The number of aromatic amines is 1. The van der Waals surface area contributed by atoms with Crippen molar-refractivity contribution in [3.05, 3.63) is 52.4 Å². The Morgan fingerprint density at radius 1 is 1.17 bits per heavy atom. The highest BCUT2D eigenvalue weighted by atomic mass is 32.2. The average Bonchev–Trinajstić information content (AvgIpc) is 2.90. The van der Waals surface area contributed by atoms with Gasteiger partial charge in [0.2, 0.25) is 10.0 Å². The SMILES string of the molecule is CN(C(C)(C)C)S(=O)(=O)c1ccc(NC(=N)c2c(/N=C(/C#N)[C@H]3CC[C@@H](C(=O)OC(C)(C)C)OC3)cc[nH]c2=O)cc1. The van der Waals surface area contributed by atoms with E-state index in [4.69, 9.17) is 14.9 Å². The summed E-state index contributed by atoms with van der Waals surface area (Å²) in [6.07, 6.45) is 1.43. The Morgan fingerprint density at radius 3 is 2.33 bits per heavy atom. The zero-order valence-electron chi connectivity index (χ0n) is 24.9. The maximum Gasteiger partial charge on any atom is 0.335 e. The number of rotatable bonds is 7. The molecule has 0 spiro atoms. The number of H-pyrrole nitrogens is 1. The van der Waals surface area contributed by atoms with E-state index in [-0.39, 0.29) is 34.3 Å². The molecular weight excluding hydrogens is 560 g/mol. The number of hydrogen-bond acceptors (Lipinski definition) is 9. The van der Waals surface area contributed by atoms with Gasteiger partial charge >= 0.3 is 5.97 Å². The number of sulfonamides is 1. The zero-order valence-corrected chi connectivity index (χ0v) is 25.8. The first-order valence-electron chi connectivity index (χ1n) is 13.4. The second-order valence-electron chi connectivity index (χ2n) is 12.0. The molecule has 42 heavy (non-hydrogen) atoms. The lowest BCUT2D eigenvalue weighted by Crippen LogP contribution is -2.42. The van der Waals surface area contributed by atoms with Crippen LogP contribution >= 0.6 is 0 Å². The molecule has 2 aromatic rings. The fourth-order valence-electron chi connectivity index (χ4n) is 4.10. The number of carbonyl (C=O) groups is 1. The van der Waals surface area contributed by atoms with Crippen LogP contribution in [0.15, 0.2) is 51.2 Å². The number of anilines is 1. The lowest BCUT2D eigenvalue weighted by molar-refractivity contribution is -0.172. The van der Waals surface area contributed by atoms with Gasteiger partial charge in [-0.2, -0.15) is 9.57 Å². The molecule has 13 heteroatoms. The molecule has 0 amide bonds. The number of esters is 1. The second kappa shape index (κ2) is 12.6. The van der Waals surface area contributed by atoms with Gasteiger partial charge in [-0.25, -0.2) is 18.2 Å². The van der Waals surface area contributed by atoms with Gasteiger partial charge in [-0.1, -0.05) is 0 Å². The maximum absolute atomic E-state index is 12.9. The number of carbonyl (C=O) groups excluding carboxylic acids is 1. The predicted molar refractivity (Wildman–Crippen MR) is 160 cm³/mol. The van der Waals surface area contributed by atoms with Gasteiger partial charge in [0.15, 0.2) is 6.10 Å². The second-order valence-corrected chi connectivity index (χ2v) is 13.9. The molecule has 0 bridgehead atoms. The number of aromatic nitrogens is 1. The van der Waals surface area contributed by atoms with Gasteiger partial charge in [0.1, 0.15) is 28.8 Å². The van der Waals surface area contributed by atoms with Gasteiger partial charge in [-0.3, -0.25) is 10.2 Å². The van der Waals surface area contributed by atoms with Gasteiger partial charge < -0.3 is 19.8 Å². The molecule has 1 aromatic heterocycles. The Bertz CT molecular complexity index is 1550. The number of pyridine rings is 1. The quantitative estimate of drug-likeness (QED) is 0.243. The summed E-state index contributed by atoms with van der Waals surface area (Å²) >= 11 is 0. The summed E-state index contributed by atoms with van der Waals surface area (Å²) in [4.78, 5) is 32.1. The van der Waals surface area contributed by atoms with Crippen molar-refractivity contribution in [1.29, 1.82) is 10.7 Å². The third-order valence-corrected chi connectivity index (χ3v) is 8.74. The Labute approximate surface area is 246 Å². The van der Waals surface area contributed by atoms with Gasteiger partial charge in [0.05, 0.1) is 17.2 Å². The average molecular weight is 599 g/mol. The smallest absolute Gasteiger partial charge is 0.335 e. The number of nitriles is 1. The number of benzene rings is 1. The van der Waals surface area contributed by atoms with Gasteiger partial charge in [-0.05, 0) is 84.7 Å². The molecular formula is C29H38N6O6S. The highest BCUT2D eigenvalue weighted by molar-refractivity contribution is 7.89. The van der Waals surface area contributed by atoms with Crippen LogP contribution in [0.5, 0.6) is 0 Å². The largest absolute Gasteiger partial charge is 0.458 e. The van der Waals surface area contributed by atoms with E-state index in [0.29, 0.717) is 18.5 Å². The number of hydrogen-bond donors (Lipinski definition) is 3. The van der Waals surface area contributed by atoms with Gasteiger partial charge in [0.25, 0.3) is 5.56 Å². The molecule has 3 N–H and O–H groups in total. The number of amidine groups is 1. The number of aliphatic imine (C=N–C) groups is 1. The van der Waals surface area contributed by atoms with Crippen molar-refractivity contribution in [2.75, 3.05) is 19.0 Å². The third kappa shape index (κ3) is 7.90. The molecule has 1 aromatic carbocycles. The van der Waals surface area contributed by atoms with Crippen molar-refractivity contribution in [2.45, 2.75) is 76.5 Å². The van der Waals surface area contributed by atoms with Crippen LogP contribution in [0.25, 0.3) is 0 Å². The van der Waals surface area contributed by atoms with Crippen LogP contribution < -0.4 is 10.9 Å². The van der Waals surface area contributed by atoms with E-state index in [1.807, 2.05) is 0 Å². The van der Waals surface area contributed by atoms with Crippen molar-refractivity contribution in [1.82, 2.24) is 9.29 Å². The molecule has 3 rings (SSSR count). The van der Waals surface area contributed by atoms with E-state index in [1.54, 1.807) is 41.5 Å². The summed E-state index contributed by atoms with van der Waals surface area (Å²) < 4.78 is 38.2. The number of nitrogens with one attached hydrogen (secondary N) is 3. The third-order valence-electron chi connectivity index (χ3n) is 6.60. The highest BCUT2D eigenvalue weighted by Gasteiger charge is 2.33. The molecule has 0 aliphatic carbocycles. The van der Waals surface area contributed by atoms with E-state index in [0.717, 1.165) is 0 Å². The van der Waals surface area contributed by atoms with Crippen LogP contribution in [-0.2, 0) is 24.3 Å². The molecule has 0 unspecified atom stereocenters. The molecule has 2 atom stereocenters. The Morgan fingerprint density at radius 2 is 1.81 bits per heavy atom. The van der Waals surface area contributed by atoms with Crippen molar-refractivity contribution < 1.29 is 22.7 Å². The Balaban J connectivity index is 1.79. The summed E-state index contributed by atoms with van der Waals surface area (Å²) in [5, 5.41) is 21.2. The predicted octanol–water partition coefficient (Wildman–Crippen LogP) is 3.96. The summed E-state index contributed by atoms with van der Waals surface area (Å²) in [7, 11) is -2.23. The van der Waals surface area contributed by atoms with Crippen molar-refractivity contribution in [3.63, 3.8) is 0 Å². The van der Waals surface area contributed by atoms with Crippen molar-refractivity contribution in [2.24, 2.45) is 10.9 Å². The minimum atomic E-state index is -3.74. The van der Waals surface area contributed by atoms with Crippen LogP contribution in [0.1, 0.15) is 59.9 Å². The van der Waals surface area contributed by atoms with Crippen molar-refractivity contribution >= 4 is 38.9 Å². The summed E-state index contributed by atoms with van der Waals surface area (Å²) in [6, 6.07) is 9.39. The topological polar surface area (TPSA) is 178 Å². The fraction of sp³-hybridized carbons (Fsp3) is 0.483. The first kappa shape index (κ1) is 32.7. The van der Waals surface area contributed by atoms with E-state index in [2.05, 4.69) is 21.4 Å². The monoisotopic (exact) mass is 598 g/mol. The van der Waals surface area contributed by atoms with E-state index in [9.17, 15) is 23.3 Å². The van der Waals surface area contributed by atoms with E-state index in [1.165, 1.54) is 47.9 Å². The maximum atomic E-state index is 12.9. The molecule has 12 nitrogen and oxygen atoms in total. The van der Waals surface area contributed by atoms with E-state index < -0.39 is 44.7 Å². The van der Waals surface area contributed by atoms with E-state index >= 15 is 0 Å². The van der Waals surface area contributed by atoms with Crippen LogP contribution in [0.2, 0.25) is 0 Å². The lowest BCUT2D eigenvalue weighted by atomic mass is 9.94. The minimum absolute atomic E-state index is 0.0736. The van der Waals surface area contributed by atoms with Gasteiger partial charge in [0, 0.05) is 30.4 Å². The zero-order chi connectivity index (χ0) is 31.5. The Hall–Kier alpha value is -3.86. The lowest BCUT2D eigenvalue weighted by Gasteiger charge is -2.30. The number of nitrogens with zero attached hydrogens (tertiary/aromatic N) is 3. The minimum Gasteiger partial charge on any atom is -0.458 e. The van der Waals surface area contributed by atoms with Crippen LogP contribution in [0, 0.1) is 22.7 Å². The summed E-state index contributed by atoms with van der Waals surface area (Å²) in [5.74, 6) is -1.16. The molecule has 1 aliphatic rings. The molecule has 226 valence electrons. The molecule has 1 aliphatic heterocycles. The summed E-state index contributed by atoms with van der Waals surface area (Å²) in [5.41, 5.74) is -1.36. The molecule has 0 saturated carbocycles. The highest BCUT2D eigenvalue weighted by Crippen LogP contribution is 2.27. The first-order valence-corrected chi connectivity index (χ1v) is 14.9. The number of ether oxygens (including phenoxy) is 2. The fourth-order valence-corrected chi connectivity index (χ4v) is 5.61. The molecule has 1 fully saturated rings. The summed E-state index contributed by atoms with van der Waals surface area (Å²) in [6.45, 7) is 10.8. The molecule has 1 saturated heterocycles. The van der Waals surface area contributed by atoms with Gasteiger partial charge in [-0.15, -0.1) is 0 Å². The first-order chi connectivity index (χ1) is 19.4. The standard InChI is InChI=1S/C29H38N6O6S/c1-28(2,3)35(7)42(38,39)20-11-9-19(10-12-20)33-25(31)24-21(14-15-32-26(24)36)34-22(16-30)18-8-13-23(40-17-18)27(37)41-29(4,5)6/h9-12,14-15,18,23H,8,13,17H2,1-7H3,(H2,31,33)(H,32,36)/b34-22-/t18-,23-/m0/s1. The normalized spacial score (nSPS) is 18.3. The van der Waals surface area contributed by atoms with Crippen LogP contribution in [0.3, 0.4) is 0 Å². The Kier molecular flexibility index (Phi) is 9.77. The van der Waals surface area contributed by atoms with Crippen molar-refractivity contribution in [3.8, 4) is 6.07 Å². The molecule has 0 radical (unpaired) electrons. The van der Waals surface area contributed by atoms with Crippen LogP contribution in [-0.4, -0.2) is 66.1 Å².